The van der Waals surface area contributed by atoms with Crippen LogP contribution >= 0.6 is 0 Å². The van der Waals surface area contributed by atoms with E-state index in [1.54, 1.807) is 12.3 Å². The quantitative estimate of drug-likeness (QED) is 0.758. The Balaban J connectivity index is 2.67. The van der Waals surface area contributed by atoms with Crippen LogP contribution in [0.1, 0.15) is 5.56 Å². The molecule has 0 aliphatic rings. The number of nitrogens with two attached hydrogens (primary N) is 2. The van der Waals surface area contributed by atoms with Crippen LogP contribution in [0.5, 0.6) is 0 Å². The summed E-state index contributed by atoms with van der Waals surface area (Å²) in [7, 11) is 0. The molecular weight excluding hydrogens is 190 g/mol. The van der Waals surface area contributed by atoms with Crippen LogP contribution in [0.4, 0.5) is 4.79 Å². The summed E-state index contributed by atoms with van der Waals surface area (Å²) in [6.07, 6.45) is 2.47. The lowest BCUT2D eigenvalue weighted by atomic mass is 10.1. The summed E-state index contributed by atoms with van der Waals surface area (Å²) >= 11 is 0. The average Bonchev–Trinajstić information content (AvgIpc) is 2.59. The van der Waals surface area contributed by atoms with Gasteiger partial charge in [0.2, 0.25) is 0 Å². The molecule has 4 nitrogen and oxygen atoms in total. The first-order chi connectivity index (χ1) is 7.24. The van der Waals surface area contributed by atoms with Crippen molar-refractivity contribution in [1.29, 1.82) is 0 Å². The summed E-state index contributed by atoms with van der Waals surface area (Å²) < 4.78 is 1.44. The minimum atomic E-state index is -0.477. The lowest BCUT2D eigenvalue weighted by Crippen LogP contribution is -2.18. The second-order valence-electron chi connectivity index (χ2n) is 3.34. The number of carbonyl (C=O) groups excluding carboxylic acids is 1. The molecule has 4 heteroatoms. The van der Waals surface area contributed by atoms with Crippen molar-refractivity contribution >= 4 is 16.9 Å². The van der Waals surface area contributed by atoms with Crippen LogP contribution in [0.3, 0.4) is 0 Å². The Bertz CT molecular complexity index is 502. The predicted octanol–water partition coefficient (Wildman–Crippen LogP) is 0.869. The van der Waals surface area contributed by atoms with Crippen LogP contribution in [-0.2, 0) is 6.42 Å². The minimum Gasteiger partial charge on any atom is -0.351 e. The van der Waals surface area contributed by atoms with E-state index in [0.29, 0.717) is 6.54 Å². The highest BCUT2D eigenvalue weighted by Crippen LogP contribution is 2.20. The van der Waals surface area contributed by atoms with Gasteiger partial charge in [-0.1, -0.05) is 6.07 Å². The highest BCUT2D eigenvalue weighted by Gasteiger charge is 2.09. The molecule has 2 aromatic rings. The van der Waals surface area contributed by atoms with Crippen LogP contribution in [0.2, 0.25) is 0 Å². The first-order valence-corrected chi connectivity index (χ1v) is 4.74. The largest absolute Gasteiger partial charge is 0.351 e. The summed E-state index contributed by atoms with van der Waals surface area (Å²) in [5.74, 6) is 0. The highest BCUT2D eigenvalue weighted by atomic mass is 16.2. The fourth-order valence-corrected chi connectivity index (χ4v) is 1.72. The van der Waals surface area contributed by atoms with E-state index in [-0.39, 0.29) is 0 Å². The Kier molecular flexibility index (Phi) is 2.43. The molecule has 1 aromatic carbocycles. The van der Waals surface area contributed by atoms with Crippen LogP contribution in [-0.4, -0.2) is 17.1 Å². The second kappa shape index (κ2) is 3.74. The Hall–Kier alpha value is -1.81. The van der Waals surface area contributed by atoms with Crippen molar-refractivity contribution in [2.75, 3.05) is 6.54 Å². The fourth-order valence-electron chi connectivity index (χ4n) is 1.72. The SMILES string of the molecule is NCCc1cn(C(N)=O)c2cc[c]cc12. The normalized spacial score (nSPS) is 10.7. The van der Waals surface area contributed by atoms with Gasteiger partial charge in [0, 0.05) is 11.6 Å². The number of primary amides is 1. The van der Waals surface area contributed by atoms with E-state index in [9.17, 15) is 4.79 Å². The fraction of sp³-hybridized carbons (Fsp3) is 0.182. The number of carbonyl (C=O) groups is 1. The van der Waals surface area contributed by atoms with Gasteiger partial charge in [0.1, 0.15) is 0 Å². The van der Waals surface area contributed by atoms with Crippen molar-refractivity contribution in [3.63, 3.8) is 0 Å². The van der Waals surface area contributed by atoms with Gasteiger partial charge in [0.15, 0.2) is 0 Å². The van der Waals surface area contributed by atoms with Gasteiger partial charge >= 0.3 is 6.03 Å². The van der Waals surface area contributed by atoms with Gasteiger partial charge in [0.05, 0.1) is 5.52 Å². The summed E-state index contributed by atoms with van der Waals surface area (Å²) in [6, 6.07) is 7.93. The number of fused-ring (bicyclic) bond motifs is 1. The molecule has 2 rings (SSSR count). The lowest BCUT2D eigenvalue weighted by molar-refractivity contribution is 0.251. The molecule has 0 saturated heterocycles. The van der Waals surface area contributed by atoms with E-state index in [1.807, 2.05) is 12.1 Å². The van der Waals surface area contributed by atoms with Crippen molar-refractivity contribution in [3.8, 4) is 0 Å². The summed E-state index contributed by atoms with van der Waals surface area (Å²) in [5.41, 5.74) is 12.6. The minimum absolute atomic E-state index is 0.477. The van der Waals surface area contributed by atoms with Gasteiger partial charge in [-0.25, -0.2) is 4.79 Å². The third-order valence-corrected chi connectivity index (χ3v) is 2.38. The molecule has 0 aliphatic carbocycles. The van der Waals surface area contributed by atoms with Gasteiger partial charge in [-0.15, -0.1) is 0 Å². The number of rotatable bonds is 2. The zero-order chi connectivity index (χ0) is 10.8. The standard InChI is InChI=1S/C11H12N3O/c12-6-5-8-7-14(11(13)15)10-4-2-1-3-9(8)10/h2-4,7H,5-6,12H2,(H2,13,15). The second-order valence-corrected chi connectivity index (χ2v) is 3.34. The van der Waals surface area contributed by atoms with Gasteiger partial charge in [-0.3, -0.25) is 4.57 Å². The number of aromatic nitrogens is 1. The molecule has 0 spiro atoms. The molecule has 1 amide bonds. The Morgan fingerprint density at radius 1 is 1.53 bits per heavy atom. The molecule has 0 unspecified atom stereocenters. The molecule has 0 bridgehead atoms. The Morgan fingerprint density at radius 2 is 2.33 bits per heavy atom. The molecule has 0 fully saturated rings. The van der Waals surface area contributed by atoms with Crippen molar-refractivity contribution < 1.29 is 4.79 Å². The topological polar surface area (TPSA) is 74.0 Å². The van der Waals surface area contributed by atoms with Gasteiger partial charge in [-0.05, 0) is 36.7 Å². The van der Waals surface area contributed by atoms with Crippen LogP contribution in [0.25, 0.3) is 10.9 Å². The smallest absolute Gasteiger partial charge is 0.323 e. The predicted molar refractivity (Wildman–Crippen MR) is 58.5 cm³/mol. The number of hydrogen-bond acceptors (Lipinski definition) is 2. The van der Waals surface area contributed by atoms with Gasteiger partial charge < -0.3 is 11.5 Å². The monoisotopic (exact) mass is 202 g/mol. The van der Waals surface area contributed by atoms with Crippen LogP contribution in [0.15, 0.2) is 24.4 Å². The number of hydrogen-bond donors (Lipinski definition) is 2. The maximum atomic E-state index is 11.2. The van der Waals surface area contributed by atoms with E-state index in [4.69, 9.17) is 11.5 Å². The first kappa shape index (κ1) is 9.73. The Labute approximate surface area is 87.5 Å². The van der Waals surface area contributed by atoms with Crippen molar-refractivity contribution in [1.82, 2.24) is 4.57 Å². The number of nitrogens with zero attached hydrogens (tertiary/aromatic N) is 1. The van der Waals surface area contributed by atoms with Crippen LogP contribution in [0, 0.1) is 6.07 Å². The average molecular weight is 202 g/mol. The maximum absolute atomic E-state index is 11.2. The third kappa shape index (κ3) is 1.59. The zero-order valence-electron chi connectivity index (χ0n) is 8.23. The van der Waals surface area contributed by atoms with E-state index >= 15 is 0 Å². The van der Waals surface area contributed by atoms with E-state index in [1.165, 1.54) is 4.57 Å². The van der Waals surface area contributed by atoms with Crippen LogP contribution < -0.4 is 11.5 Å². The zero-order valence-corrected chi connectivity index (χ0v) is 8.23. The highest BCUT2D eigenvalue weighted by molar-refractivity contribution is 5.93. The lowest BCUT2D eigenvalue weighted by Gasteiger charge is -1.96. The molecule has 15 heavy (non-hydrogen) atoms. The van der Waals surface area contributed by atoms with E-state index in [2.05, 4.69) is 6.07 Å². The van der Waals surface area contributed by atoms with Gasteiger partial charge in [-0.2, -0.15) is 0 Å². The molecule has 77 valence electrons. The molecule has 0 saturated carbocycles. The molecule has 1 heterocycles. The third-order valence-electron chi connectivity index (χ3n) is 2.38. The summed E-state index contributed by atoms with van der Waals surface area (Å²) in [6.45, 7) is 0.548. The number of benzene rings is 1. The molecular formula is C11H12N3O. The van der Waals surface area contributed by atoms with E-state index in [0.717, 1.165) is 22.9 Å². The molecule has 0 aliphatic heterocycles. The molecule has 1 radical (unpaired) electrons. The Morgan fingerprint density at radius 3 is 3.00 bits per heavy atom. The van der Waals surface area contributed by atoms with E-state index < -0.39 is 6.03 Å². The molecule has 0 atom stereocenters. The molecule has 1 aromatic heterocycles. The van der Waals surface area contributed by atoms with Crippen molar-refractivity contribution in [2.45, 2.75) is 6.42 Å². The summed E-state index contributed by atoms with van der Waals surface area (Å²) in [5, 5.41) is 0.988. The number of amides is 1. The first-order valence-electron chi connectivity index (χ1n) is 4.74. The molecule has 4 N–H and O–H groups in total. The summed E-state index contributed by atoms with van der Waals surface area (Å²) in [4.78, 5) is 11.2. The van der Waals surface area contributed by atoms with Crippen molar-refractivity contribution in [3.05, 3.63) is 36.0 Å². The maximum Gasteiger partial charge on any atom is 0.323 e. The van der Waals surface area contributed by atoms with Gasteiger partial charge in [0.25, 0.3) is 0 Å². The van der Waals surface area contributed by atoms with Crippen molar-refractivity contribution in [2.24, 2.45) is 11.5 Å².